The first-order valence-corrected chi connectivity index (χ1v) is 8.07. The van der Waals surface area contributed by atoms with Crippen LogP contribution in [0.2, 0.25) is 0 Å². The van der Waals surface area contributed by atoms with Crippen LogP contribution < -0.4 is 10.1 Å². The van der Waals surface area contributed by atoms with E-state index in [9.17, 15) is 4.79 Å². The molecular formula is C20H21N3O2. The second-order valence-electron chi connectivity index (χ2n) is 6.00. The van der Waals surface area contributed by atoms with E-state index in [1.807, 2.05) is 61.7 Å². The molecule has 0 radical (unpaired) electrons. The number of methoxy groups -OCH3 is 1. The summed E-state index contributed by atoms with van der Waals surface area (Å²) in [5.74, 6) is 1.15. The number of benzene rings is 1. The second kappa shape index (κ2) is 6.81. The summed E-state index contributed by atoms with van der Waals surface area (Å²) in [4.78, 5) is 16.9. The predicted molar refractivity (Wildman–Crippen MR) is 98.7 cm³/mol. The van der Waals surface area contributed by atoms with Crippen LogP contribution in [0.4, 0.5) is 5.82 Å². The zero-order valence-electron chi connectivity index (χ0n) is 14.8. The van der Waals surface area contributed by atoms with Crippen LogP contribution in [-0.2, 0) is 0 Å². The lowest BCUT2D eigenvalue weighted by atomic mass is 10.2. The molecule has 0 saturated carbocycles. The third kappa shape index (κ3) is 3.40. The maximum atomic E-state index is 12.7. The minimum atomic E-state index is -0.168. The fourth-order valence-electron chi connectivity index (χ4n) is 2.86. The van der Waals surface area contributed by atoms with Crippen LogP contribution in [0.1, 0.15) is 27.3 Å². The van der Waals surface area contributed by atoms with Gasteiger partial charge < -0.3 is 14.6 Å². The van der Waals surface area contributed by atoms with Crippen molar-refractivity contribution in [2.75, 3.05) is 12.4 Å². The molecule has 128 valence electrons. The number of carbonyl (C=O) groups excluding carboxylic acids is 1. The highest BCUT2D eigenvalue weighted by molar-refractivity contribution is 6.05. The maximum Gasteiger partial charge on any atom is 0.258 e. The number of ether oxygens (including phenoxy) is 1. The summed E-state index contributed by atoms with van der Waals surface area (Å²) in [5, 5.41) is 2.85. The second-order valence-corrected chi connectivity index (χ2v) is 6.00. The highest BCUT2D eigenvalue weighted by Crippen LogP contribution is 2.24. The van der Waals surface area contributed by atoms with Crippen molar-refractivity contribution in [3.05, 3.63) is 71.2 Å². The molecule has 3 aromatic rings. The standard InChI is InChI=1S/C20H21N3O2/c1-13-8-9-19(21-12-13)22-20(24)18-10-14(2)23(15(18)3)16-6-5-7-17(11-16)25-4/h5-12H,1-4H3,(H,21,22,24). The van der Waals surface area contributed by atoms with Gasteiger partial charge in [-0.1, -0.05) is 12.1 Å². The van der Waals surface area contributed by atoms with E-state index in [0.29, 0.717) is 11.4 Å². The summed E-state index contributed by atoms with van der Waals surface area (Å²) < 4.78 is 7.34. The minimum Gasteiger partial charge on any atom is -0.497 e. The van der Waals surface area contributed by atoms with Crippen LogP contribution in [0.3, 0.4) is 0 Å². The molecule has 0 spiro atoms. The Kier molecular flexibility index (Phi) is 4.57. The zero-order chi connectivity index (χ0) is 18.0. The van der Waals surface area contributed by atoms with Crippen molar-refractivity contribution in [3.8, 4) is 11.4 Å². The molecule has 5 nitrogen and oxygen atoms in total. The molecule has 0 bridgehead atoms. The van der Waals surface area contributed by atoms with E-state index in [-0.39, 0.29) is 5.91 Å². The van der Waals surface area contributed by atoms with E-state index < -0.39 is 0 Å². The van der Waals surface area contributed by atoms with Gasteiger partial charge in [0.05, 0.1) is 12.7 Å². The van der Waals surface area contributed by atoms with Crippen LogP contribution in [0, 0.1) is 20.8 Å². The third-order valence-electron chi connectivity index (χ3n) is 4.14. The first-order chi connectivity index (χ1) is 12.0. The van der Waals surface area contributed by atoms with Gasteiger partial charge in [0.15, 0.2) is 0 Å². The van der Waals surface area contributed by atoms with Crippen molar-refractivity contribution < 1.29 is 9.53 Å². The smallest absolute Gasteiger partial charge is 0.258 e. The van der Waals surface area contributed by atoms with Crippen LogP contribution in [0.5, 0.6) is 5.75 Å². The quantitative estimate of drug-likeness (QED) is 0.782. The van der Waals surface area contributed by atoms with E-state index in [1.165, 1.54) is 0 Å². The number of hydrogen-bond acceptors (Lipinski definition) is 3. The topological polar surface area (TPSA) is 56.1 Å². The number of anilines is 1. The van der Waals surface area contributed by atoms with Gasteiger partial charge in [-0.25, -0.2) is 4.98 Å². The molecule has 1 aromatic carbocycles. The largest absolute Gasteiger partial charge is 0.497 e. The summed E-state index contributed by atoms with van der Waals surface area (Å²) >= 11 is 0. The van der Waals surface area contributed by atoms with Gasteiger partial charge in [-0.3, -0.25) is 4.79 Å². The molecule has 2 heterocycles. The van der Waals surface area contributed by atoms with Gasteiger partial charge in [0.25, 0.3) is 5.91 Å². The minimum absolute atomic E-state index is 0.168. The Balaban J connectivity index is 1.93. The molecular weight excluding hydrogens is 314 g/mol. The average Bonchev–Trinajstić information content (AvgIpc) is 2.91. The van der Waals surface area contributed by atoms with Gasteiger partial charge in [0.2, 0.25) is 0 Å². The lowest BCUT2D eigenvalue weighted by molar-refractivity contribution is 0.102. The highest BCUT2D eigenvalue weighted by Gasteiger charge is 2.17. The predicted octanol–water partition coefficient (Wildman–Crippen LogP) is 4.06. The van der Waals surface area contributed by atoms with Crippen molar-refractivity contribution in [1.29, 1.82) is 0 Å². The van der Waals surface area contributed by atoms with Gasteiger partial charge >= 0.3 is 0 Å². The van der Waals surface area contributed by atoms with Crippen molar-refractivity contribution in [2.24, 2.45) is 0 Å². The average molecular weight is 335 g/mol. The van der Waals surface area contributed by atoms with E-state index in [0.717, 1.165) is 28.4 Å². The number of pyridine rings is 1. The summed E-state index contributed by atoms with van der Waals surface area (Å²) in [6, 6.07) is 13.4. The molecule has 5 heteroatoms. The van der Waals surface area contributed by atoms with Gasteiger partial charge in [0, 0.05) is 29.3 Å². The van der Waals surface area contributed by atoms with Crippen LogP contribution in [0.25, 0.3) is 5.69 Å². The van der Waals surface area contributed by atoms with E-state index in [4.69, 9.17) is 4.74 Å². The summed E-state index contributed by atoms with van der Waals surface area (Å²) in [5.41, 5.74) is 4.49. The Labute approximate surface area is 147 Å². The molecule has 25 heavy (non-hydrogen) atoms. The number of aromatic nitrogens is 2. The fraction of sp³-hybridized carbons (Fsp3) is 0.200. The highest BCUT2D eigenvalue weighted by atomic mass is 16.5. The summed E-state index contributed by atoms with van der Waals surface area (Å²) in [6.07, 6.45) is 1.73. The van der Waals surface area contributed by atoms with E-state index in [2.05, 4.69) is 10.3 Å². The molecule has 2 aromatic heterocycles. The van der Waals surface area contributed by atoms with Crippen molar-refractivity contribution >= 4 is 11.7 Å². The fourth-order valence-corrected chi connectivity index (χ4v) is 2.86. The molecule has 0 unspecified atom stereocenters. The van der Waals surface area contributed by atoms with Gasteiger partial charge in [-0.05, 0) is 50.6 Å². The third-order valence-corrected chi connectivity index (χ3v) is 4.14. The number of amides is 1. The normalized spacial score (nSPS) is 10.6. The summed E-state index contributed by atoms with van der Waals surface area (Å²) in [6.45, 7) is 5.87. The Morgan fingerprint density at radius 2 is 1.92 bits per heavy atom. The molecule has 0 aliphatic rings. The first kappa shape index (κ1) is 16.8. The molecule has 1 N–H and O–H groups in total. The molecule has 0 atom stereocenters. The Morgan fingerprint density at radius 3 is 2.60 bits per heavy atom. The number of rotatable bonds is 4. The molecule has 0 aliphatic carbocycles. The van der Waals surface area contributed by atoms with Crippen molar-refractivity contribution in [3.63, 3.8) is 0 Å². The SMILES string of the molecule is COc1cccc(-n2c(C)cc(C(=O)Nc3ccc(C)cn3)c2C)c1. The lowest BCUT2D eigenvalue weighted by Gasteiger charge is -2.11. The molecule has 0 aliphatic heterocycles. The Morgan fingerprint density at radius 1 is 1.12 bits per heavy atom. The Bertz CT molecular complexity index is 911. The van der Waals surface area contributed by atoms with Gasteiger partial charge in [0.1, 0.15) is 11.6 Å². The Hall–Kier alpha value is -3.08. The number of nitrogens with one attached hydrogen (secondary N) is 1. The molecule has 0 fully saturated rings. The zero-order valence-corrected chi connectivity index (χ0v) is 14.8. The lowest BCUT2D eigenvalue weighted by Crippen LogP contribution is -2.14. The van der Waals surface area contributed by atoms with Gasteiger partial charge in [-0.15, -0.1) is 0 Å². The molecule has 0 saturated heterocycles. The van der Waals surface area contributed by atoms with Gasteiger partial charge in [-0.2, -0.15) is 0 Å². The number of nitrogens with zero attached hydrogens (tertiary/aromatic N) is 2. The summed E-state index contributed by atoms with van der Waals surface area (Å²) in [7, 11) is 1.64. The number of hydrogen-bond donors (Lipinski definition) is 1. The van der Waals surface area contributed by atoms with Crippen LogP contribution >= 0.6 is 0 Å². The van der Waals surface area contributed by atoms with Crippen molar-refractivity contribution in [1.82, 2.24) is 9.55 Å². The van der Waals surface area contributed by atoms with Crippen molar-refractivity contribution in [2.45, 2.75) is 20.8 Å². The molecule has 1 amide bonds. The monoisotopic (exact) mass is 335 g/mol. The van der Waals surface area contributed by atoms with E-state index in [1.54, 1.807) is 19.4 Å². The van der Waals surface area contributed by atoms with E-state index >= 15 is 0 Å². The van der Waals surface area contributed by atoms with Crippen LogP contribution in [-0.4, -0.2) is 22.6 Å². The van der Waals surface area contributed by atoms with Crippen LogP contribution in [0.15, 0.2) is 48.7 Å². The first-order valence-electron chi connectivity index (χ1n) is 8.07. The molecule has 3 rings (SSSR count). The maximum absolute atomic E-state index is 12.7. The number of carbonyl (C=O) groups is 1. The number of aryl methyl sites for hydroxylation is 2.